The van der Waals surface area contributed by atoms with E-state index in [-0.39, 0.29) is 23.3 Å². The lowest BCUT2D eigenvalue weighted by molar-refractivity contribution is -0.142. The van der Waals surface area contributed by atoms with Gasteiger partial charge in [-0.2, -0.15) is 11.3 Å². The molecule has 24 heavy (non-hydrogen) atoms. The van der Waals surface area contributed by atoms with Crippen LogP contribution in [0.25, 0.3) is 0 Å². The van der Waals surface area contributed by atoms with Crippen molar-refractivity contribution in [3.63, 3.8) is 0 Å². The summed E-state index contributed by atoms with van der Waals surface area (Å²) in [5.74, 6) is 0.117. The van der Waals surface area contributed by atoms with Crippen molar-refractivity contribution >= 4 is 23.2 Å². The average Bonchev–Trinajstić information content (AvgIpc) is 2.96. The fourth-order valence-electron chi connectivity index (χ4n) is 4.42. The van der Waals surface area contributed by atoms with Gasteiger partial charge in [0.2, 0.25) is 5.91 Å². The highest BCUT2D eigenvalue weighted by atomic mass is 32.1. The van der Waals surface area contributed by atoms with Gasteiger partial charge in [0.1, 0.15) is 6.04 Å². The number of cyclic esters (lactones) is 1. The standard InChI is InChI=1S/C18H24N2O3S/c1-13(21)20(11-14-3-9-24-12-14)16-10-18(16)4-6-19(7-5-18)15-2-8-23-17(15)22/h3,9,12,15-16H,2,4-8,10-11H2,1H3. The van der Waals surface area contributed by atoms with Gasteiger partial charge in [0.05, 0.1) is 6.61 Å². The van der Waals surface area contributed by atoms with Crippen LogP contribution in [0.2, 0.25) is 0 Å². The fraction of sp³-hybridized carbons (Fsp3) is 0.667. The van der Waals surface area contributed by atoms with E-state index in [0.717, 1.165) is 45.3 Å². The number of rotatable bonds is 4. The quantitative estimate of drug-likeness (QED) is 0.783. The van der Waals surface area contributed by atoms with E-state index in [0.29, 0.717) is 12.6 Å². The lowest BCUT2D eigenvalue weighted by Crippen LogP contribution is -2.46. The van der Waals surface area contributed by atoms with Gasteiger partial charge in [-0.1, -0.05) is 0 Å². The minimum Gasteiger partial charge on any atom is -0.464 e. The molecule has 1 aromatic heterocycles. The number of hydrogen-bond donors (Lipinski definition) is 0. The van der Waals surface area contributed by atoms with Crippen LogP contribution in [-0.4, -0.2) is 53.5 Å². The number of nitrogens with zero attached hydrogens (tertiary/aromatic N) is 2. The molecule has 2 saturated heterocycles. The second kappa shape index (κ2) is 6.15. The molecule has 2 aliphatic heterocycles. The summed E-state index contributed by atoms with van der Waals surface area (Å²) in [4.78, 5) is 28.3. The Kier molecular flexibility index (Phi) is 4.12. The van der Waals surface area contributed by atoms with Gasteiger partial charge in [-0.3, -0.25) is 14.5 Å². The van der Waals surface area contributed by atoms with Crippen molar-refractivity contribution in [2.24, 2.45) is 5.41 Å². The molecule has 1 aromatic rings. The summed E-state index contributed by atoms with van der Waals surface area (Å²) in [5, 5.41) is 4.19. The molecule has 130 valence electrons. The number of piperidine rings is 1. The number of hydrogen-bond acceptors (Lipinski definition) is 5. The van der Waals surface area contributed by atoms with E-state index >= 15 is 0 Å². The molecule has 3 heterocycles. The Hall–Kier alpha value is -1.40. The van der Waals surface area contributed by atoms with Gasteiger partial charge in [0, 0.05) is 25.9 Å². The maximum Gasteiger partial charge on any atom is 0.323 e. The maximum atomic E-state index is 12.2. The summed E-state index contributed by atoms with van der Waals surface area (Å²) in [6.45, 7) is 4.86. The second-order valence-electron chi connectivity index (χ2n) is 7.37. The molecular weight excluding hydrogens is 324 g/mol. The van der Waals surface area contributed by atoms with E-state index in [9.17, 15) is 9.59 Å². The van der Waals surface area contributed by atoms with Crippen molar-refractivity contribution in [1.29, 1.82) is 0 Å². The van der Waals surface area contributed by atoms with Gasteiger partial charge in [0.25, 0.3) is 0 Å². The van der Waals surface area contributed by atoms with E-state index in [1.165, 1.54) is 5.56 Å². The molecule has 1 spiro atoms. The Labute approximate surface area is 146 Å². The number of thiophene rings is 1. The van der Waals surface area contributed by atoms with Crippen molar-refractivity contribution in [3.05, 3.63) is 22.4 Å². The number of likely N-dealkylation sites (tertiary alicyclic amines) is 1. The predicted molar refractivity (Wildman–Crippen MR) is 91.6 cm³/mol. The molecule has 1 saturated carbocycles. The largest absolute Gasteiger partial charge is 0.464 e. The van der Waals surface area contributed by atoms with Crippen LogP contribution in [0.4, 0.5) is 0 Å². The fourth-order valence-corrected chi connectivity index (χ4v) is 5.08. The highest BCUT2D eigenvalue weighted by Gasteiger charge is 2.58. The molecule has 1 aliphatic carbocycles. The highest BCUT2D eigenvalue weighted by molar-refractivity contribution is 7.07. The summed E-state index contributed by atoms with van der Waals surface area (Å²) in [7, 11) is 0. The molecule has 1 amide bonds. The number of carbonyl (C=O) groups is 2. The first-order valence-corrected chi connectivity index (χ1v) is 9.72. The summed E-state index contributed by atoms with van der Waals surface area (Å²) in [5.41, 5.74) is 1.50. The second-order valence-corrected chi connectivity index (χ2v) is 8.15. The average molecular weight is 348 g/mol. The van der Waals surface area contributed by atoms with Gasteiger partial charge in [-0.25, -0.2) is 0 Å². The van der Waals surface area contributed by atoms with Gasteiger partial charge in [-0.05, 0) is 60.2 Å². The Morgan fingerprint density at radius 1 is 1.46 bits per heavy atom. The lowest BCUT2D eigenvalue weighted by atomic mass is 9.91. The zero-order chi connectivity index (χ0) is 16.7. The summed E-state index contributed by atoms with van der Waals surface area (Å²) in [6, 6.07) is 2.44. The third-order valence-electron chi connectivity index (χ3n) is 6.00. The number of carbonyl (C=O) groups excluding carboxylic acids is 2. The molecule has 5 nitrogen and oxygen atoms in total. The van der Waals surface area contributed by atoms with E-state index in [2.05, 4.69) is 26.6 Å². The summed E-state index contributed by atoms with van der Waals surface area (Å²) >= 11 is 1.68. The number of esters is 1. The molecule has 0 N–H and O–H groups in total. The predicted octanol–water partition coefficient (Wildman–Crippen LogP) is 2.27. The van der Waals surface area contributed by atoms with Gasteiger partial charge >= 0.3 is 5.97 Å². The molecule has 0 aromatic carbocycles. The Balaban J connectivity index is 1.38. The molecule has 3 aliphatic rings. The first-order valence-electron chi connectivity index (χ1n) is 8.78. The highest BCUT2D eigenvalue weighted by Crippen LogP contribution is 2.57. The maximum absolute atomic E-state index is 12.2. The zero-order valence-corrected chi connectivity index (χ0v) is 14.9. The van der Waals surface area contributed by atoms with Crippen LogP contribution in [0.5, 0.6) is 0 Å². The van der Waals surface area contributed by atoms with Crippen LogP contribution in [0, 0.1) is 5.41 Å². The van der Waals surface area contributed by atoms with E-state index in [1.807, 2.05) is 0 Å². The Bertz CT molecular complexity index is 622. The van der Waals surface area contributed by atoms with Crippen LogP contribution >= 0.6 is 11.3 Å². The minimum atomic E-state index is -0.0545. The van der Waals surface area contributed by atoms with Crippen molar-refractivity contribution in [1.82, 2.24) is 9.80 Å². The van der Waals surface area contributed by atoms with E-state index in [1.54, 1.807) is 18.3 Å². The summed E-state index contributed by atoms with van der Waals surface area (Å²) < 4.78 is 5.10. The normalized spacial score (nSPS) is 28.8. The third-order valence-corrected chi connectivity index (χ3v) is 6.73. The third kappa shape index (κ3) is 2.86. The van der Waals surface area contributed by atoms with Crippen molar-refractivity contribution < 1.29 is 14.3 Å². The monoisotopic (exact) mass is 348 g/mol. The molecule has 0 radical (unpaired) electrons. The minimum absolute atomic E-state index is 0.0331. The lowest BCUT2D eigenvalue weighted by Gasteiger charge is -2.36. The van der Waals surface area contributed by atoms with E-state index < -0.39 is 0 Å². The van der Waals surface area contributed by atoms with Gasteiger partial charge in [0.15, 0.2) is 0 Å². The first-order chi connectivity index (χ1) is 11.6. The van der Waals surface area contributed by atoms with Crippen LogP contribution < -0.4 is 0 Å². The van der Waals surface area contributed by atoms with Crippen LogP contribution in [-0.2, 0) is 20.9 Å². The molecular formula is C18H24N2O3S. The van der Waals surface area contributed by atoms with Crippen LogP contribution in [0.1, 0.15) is 38.2 Å². The molecule has 4 rings (SSSR count). The molecule has 2 atom stereocenters. The van der Waals surface area contributed by atoms with Crippen molar-refractivity contribution in [3.8, 4) is 0 Å². The smallest absolute Gasteiger partial charge is 0.323 e. The molecule has 0 bridgehead atoms. The van der Waals surface area contributed by atoms with Gasteiger partial charge < -0.3 is 9.64 Å². The van der Waals surface area contributed by atoms with Crippen molar-refractivity contribution in [2.45, 2.75) is 51.2 Å². The SMILES string of the molecule is CC(=O)N(Cc1ccsc1)C1CC12CCN(C1CCOC1=O)CC2. The number of amides is 1. The Morgan fingerprint density at radius 2 is 2.25 bits per heavy atom. The molecule has 2 unspecified atom stereocenters. The van der Waals surface area contributed by atoms with Crippen LogP contribution in [0.3, 0.4) is 0 Å². The topological polar surface area (TPSA) is 49.9 Å². The van der Waals surface area contributed by atoms with Crippen molar-refractivity contribution in [2.75, 3.05) is 19.7 Å². The summed E-state index contributed by atoms with van der Waals surface area (Å²) in [6.07, 6.45) is 4.09. The van der Waals surface area contributed by atoms with E-state index in [4.69, 9.17) is 4.74 Å². The zero-order valence-electron chi connectivity index (χ0n) is 14.1. The Morgan fingerprint density at radius 3 is 2.83 bits per heavy atom. The molecule has 3 fully saturated rings. The number of ether oxygens (including phenoxy) is 1. The van der Waals surface area contributed by atoms with Gasteiger partial charge in [-0.15, -0.1) is 0 Å². The molecule has 6 heteroatoms. The first kappa shape index (κ1) is 16.1. The van der Waals surface area contributed by atoms with Crippen LogP contribution in [0.15, 0.2) is 16.8 Å².